The second-order valence-corrected chi connectivity index (χ2v) is 8.20. The molecular formula is C24H32N4O2. The smallest absolute Gasteiger partial charge is 0.317 e. The predicted molar refractivity (Wildman–Crippen MR) is 119 cm³/mol. The van der Waals surface area contributed by atoms with E-state index in [0.717, 1.165) is 56.2 Å². The van der Waals surface area contributed by atoms with Crippen molar-refractivity contribution in [3.8, 4) is 5.75 Å². The third kappa shape index (κ3) is 5.65. The molecule has 0 unspecified atom stereocenters. The van der Waals surface area contributed by atoms with Gasteiger partial charge in [-0.1, -0.05) is 31.0 Å². The van der Waals surface area contributed by atoms with E-state index < -0.39 is 0 Å². The number of urea groups is 1. The fraction of sp³-hybridized carbons (Fsp3) is 0.500. The van der Waals surface area contributed by atoms with Crippen molar-refractivity contribution in [2.75, 3.05) is 31.1 Å². The molecule has 0 atom stereocenters. The summed E-state index contributed by atoms with van der Waals surface area (Å²) in [5, 5.41) is 3.08. The summed E-state index contributed by atoms with van der Waals surface area (Å²) in [4.78, 5) is 21.4. The average molecular weight is 409 g/mol. The van der Waals surface area contributed by atoms with Crippen molar-refractivity contribution in [3.05, 3.63) is 54.2 Å². The number of hydrogen-bond acceptors (Lipinski definition) is 4. The van der Waals surface area contributed by atoms with Gasteiger partial charge in [-0.15, -0.1) is 0 Å². The zero-order chi connectivity index (χ0) is 20.6. The van der Waals surface area contributed by atoms with Crippen LogP contribution in [0.15, 0.2) is 48.7 Å². The molecule has 30 heavy (non-hydrogen) atoms. The number of carbonyl (C=O) groups excluding carboxylic acids is 1. The van der Waals surface area contributed by atoms with E-state index in [1.54, 1.807) is 0 Å². The number of hydrogen-bond donors (Lipinski definition) is 1. The van der Waals surface area contributed by atoms with E-state index >= 15 is 0 Å². The number of carbonyl (C=O) groups is 1. The van der Waals surface area contributed by atoms with E-state index in [1.807, 2.05) is 47.5 Å². The minimum Gasteiger partial charge on any atom is -0.490 e. The number of amides is 2. The first kappa shape index (κ1) is 20.5. The van der Waals surface area contributed by atoms with Crippen LogP contribution in [0.3, 0.4) is 0 Å². The molecule has 160 valence electrons. The SMILES string of the molecule is O=C(NCc1ccnc(N2CCCCCC2)c1)N1CCC(Oc2ccccc2)CC1. The van der Waals surface area contributed by atoms with E-state index in [1.165, 1.54) is 25.7 Å². The number of para-hydroxylation sites is 1. The van der Waals surface area contributed by atoms with Gasteiger partial charge in [0, 0.05) is 51.8 Å². The summed E-state index contributed by atoms with van der Waals surface area (Å²) in [6, 6.07) is 14.0. The first-order chi connectivity index (χ1) is 14.8. The van der Waals surface area contributed by atoms with E-state index in [2.05, 4.69) is 21.3 Å². The van der Waals surface area contributed by atoms with Crippen LogP contribution in [-0.4, -0.2) is 48.2 Å². The first-order valence-corrected chi connectivity index (χ1v) is 11.2. The number of piperidine rings is 1. The van der Waals surface area contributed by atoms with Crippen molar-refractivity contribution >= 4 is 11.8 Å². The third-order valence-electron chi connectivity index (χ3n) is 5.96. The van der Waals surface area contributed by atoms with Crippen molar-refractivity contribution in [2.24, 2.45) is 0 Å². The van der Waals surface area contributed by atoms with Gasteiger partial charge in [-0.25, -0.2) is 9.78 Å². The zero-order valence-corrected chi connectivity index (χ0v) is 17.6. The van der Waals surface area contributed by atoms with Gasteiger partial charge in [0.1, 0.15) is 17.7 Å². The van der Waals surface area contributed by atoms with E-state index in [9.17, 15) is 4.79 Å². The second kappa shape index (κ2) is 10.3. The van der Waals surface area contributed by atoms with Crippen molar-refractivity contribution in [3.63, 3.8) is 0 Å². The number of nitrogens with zero attached hydrogens (tertiary/aromatic N) is 3. The van der Waals surface area contributed by atoms with E-state index in [4.69, 9.17) is 4.74 Å². The molecule has 1 aromatic carbocycles. The Labute approximate surface area is 179 Å². The van der Waals surface area contributed by atoms with Crippen molar-refractivity contribution in [2.45, 2.75) is 51.2 Å². The molecule has 0 saturated carbocycles. The number of ether oxygens (including phenoxy) is 1. The molecule has 6 heteroatoms. The Hall–Kier alpha value is -2.76. The fourth-order valence-corrected chi connectivity index (χ4v) is 4.20. The Morgan fingerprint density at radius 3 is 2.47 bits per heavy atom. The highest BCUT2D eigenvalue weighted by Crippen LogP contribution is 2.20. The van der Waals surface area contributed by atoms with Crippen LogP contribution in [0.1, 0.15) is 44.1 Å². The maximum absolute atomic E-state index is 12.6. The monoisotopic (exact) mass is 408 g/mol. The van der Waals surface area contributed by atoms with Gasteiger partial charge < -0.3 is 19.9 Å². The van der Waals surface area contributed by atoms with Crippen LogP contribution in [0.5, 0.6) is 5.75 Å². The topological polar surface area (TPSA) is 57.7 Å². The predicted octanol–water partition coefficient (Wildman–Crippen LogP) is 4.22. The molecule has 1 N–H and O–H groups in total. The summed E-state index contributed by atoms with van der Waals surface area (Å²) in [6.45, 7) is 4.12. The number of aromatic nitrogens is 1. The Morgan fingerprint density at radius 1 is 1.00 bits per heavy atom. The minimum absolute atomic E-state index is 0.00120. The van der Waals surface area contributed by atoms with Gasteiger partial charge in [0.25, 0.3) is 0 Å². The Kier molecular flexibility index (Phi) is 7.06. The van der Waals surface area contributed by atoms with Crippen LogP contribution in [0.2, 0.25) is 0 Å². The minimum atomic E-state index is 0.00120. The van der Waals surface area contributed by atoms with Crippen LogP contribution in [0.4, 0.5) is 10.6 Å². The van der Waals surface area contributed by atoms with Crippen LogP contribution < -0.4 is 15.0 Å². The molecule has 2 amide bonds. The fourth-order valence-electron chi connectivity index (χ4n) is 4.20. The Bertz CT molecular complexity index is 798. The molecule has 3 heterocycles. The molecular weight excluding hydrogens is 376 g/mol. The summed E-state index contributed by atoms with van der Waals surface area (Å²) >= 11 is 0. The summed E-state index contributed by atoms with van der Waals surface area (Å²) in [7, 11) is 0. The summed E-state index contributed by atoms with van der Waals surface area (Å²) in [5.41, 5.74) is 1.10. The maximum Gasteiger partial charge on any atom is 0.317 e. The van der Waals surface area contributed by atoms with Crippen LogP contribution >= 0.6 is 0 Å². The van der Waals surface area contributed by atoms with E-state index in [-0.39, 0.29) is 12.1 Å². The lowest BCUT2D eigenvalue weighted by molar-refractivity contribution is 0.111. The molecule has 6 nitrogen and oxygen atoms in total. The molecule has 0 aliphatic carbocycles. The molecule has 2 aromatic rings. The lowest BCUT2D eigenvalue weighted by Crippen LogP contribution is -2.46. The average Bonchev–Trinajstić information content (AvgIpc) is 3.09. The highest BCUT2D eigenvalue weighted by Gasteiger charge is 2.23. The Balaban J connectivity index is 1.23. The van der Waals surface area contributed by atoms with Gasteiger partial charge in [-0.2, -0.15) is 0 Å². The lowest BCUT2D eigenvalue weighted by atomic mass is 10.1. The highest BCUT2D eigenvalue weighted by atomic mass is 16.5. The molecule has 0 spiro atoms. The number of anilines is 1. The van der Waals surface area contributed by atoms with Gasteiger partial charge in [0.05, 0.1) is 0 Å². The summed E-state index contributed by atoms with van der Waals surface area (Å²) in [6.07, 6.45) is 8.81. The standard InChI is InChI=1S/C24H32N4O2/c29-24(28-16-11-22(12-17-28)30-21-8-4-3-5-9-21)26-19-20-10-13-25-23(18-20)27-14-6-1-2-7-15-27/h3-5,8-10,13,18,22H,1-2,6-7,11-12,14-17,19H2,(H,26,29). The maximum atomic E-state index is 12.6. The van der Waals surface area contributed by atoms with Gasteiger partial charge in [-0.05, 0) is 42.7 Å². The molecule has 0 bridgehead atoms. The molecule has 1 aromatic heterocycles. The van der Waals surface area contributed by atoms with E-state index in [0.29, 0.717) is 6.54 Å². The number of nitrogens with one attached hydrogen (secondary N) is 1. The number of benzene rings is 1. The largest absolute Gasteiger partial charge is 0.490 e. The van der Waals surface area contributed by atoms with Crippen molar-refractivity contribution in [1.82, 2.24) is 15.2 Å². The van der Waals surface area contributed by atoms with Gasteiger partial charge in [-0.3, -0.25) is 0 Å². The van der Waals surface area contributed by atoms with Crippen LogP contribution in [0.25, 0.3) is 0 Å². The van der Waals surface area contributed by atoms with Crippen LogP contribution in [0, 0.1) is 0 Å². The quantitative estimate of drug-likeness (QED) is 0.805. The molecule has 2 aliphatic rings. The number of rotatable bonds is 5. The van der Waals surface area contributed by atoms with Crippen molar-refractivity contribution in [1.29, 1.82) is 0 Å². The Morgan fingerprint density at radius 2 is 1.73 bits per heavy atom. The molecule has 0 radical (unpaired) electrons. The lowest BCUT2D eigenvalue weighted by Gasteiger charge is -2.32. The van der Waals surface area contributed by atoms with Gasteiger partial charge in [0.15, 0.2) is 0 Å². The second-order valence-electron chi connectivity index (χ2n) is 8.20. The molecule has 2 fully saturated rings. The van der Waals surface area contributed by atoms with Crippen molar-refractivity contribution < 1.29 is 9.53 Å². The van der Waals surface area contributed by atoms with Crippen LogP contribution in [-0.2, 0) is 6.54 Å². The number of likely N-dealkylation sites (tertiary alicyclic amines) is 1. The summed E-state index contributed by atoms with van der Waals surface area (Å²) in [5.74, 6) is 1.93. The summed E-state index contributed by atoms with van der Waals surface area (Å²) < 4.78 is 6.02. The molecule has 2 saturated heterocycles. The normalized spacial score (nSPS) is 18.0. The molecule has 2 aliphatic heterocycles. The van der Waals surface area contributed by atoms with Gasteiger partial charge >= 0.3 is 6.03 Å². The highest BCUT2D eigenvalue weighted by molar-refractivity contribution is 5.74. The first-order valence-electron chi connectivity index (χ1n) is 11.2. The third-order valence-corrected chi connectivity index (χ3v) is 5.96. The number of pyridine rings is 1. The van der Waals surface area contributed by atoms with Gasteiger partial charge in [0.2, 0.25) is 0 Å². The zero-order valence-electron chi connectivity index (χ0n) is 17.6. The molecule has 4 rings (SSSR count).